The molecule has 2 aromatic carbocycles. The molecule has 0 saturated carbocycles. The van der Waals surface area contributed by atoms with Gasteiger partial charge in [0.05, 0.1) is 5.69 Å². The van der Waals surface area contributed by atoms with E-state index < -0.39 is 0 Å². The molecule has 7 heteroatoms. The van der Waals surface area contributed by atoms with E-state index in [0.717, 1.165) is 0 Å². The van der Waals surface area contributed by atoms with Crippen LogP contribution in [0.3, 0.4) is 0 Å². The van der Waals surface area contributed by atoms with Crippen LogP contribution in [0.25, 0.3) is 0 Å². The Labute approximate surface area is 174 Å². The zero-order valence-corrected chi connectivity index (χ0v) is 16.4. The summed E-state index contributed by atoms with van der Waals surface area (Å²) in [5.74, 6) is 1.40. The molecule has 4 rings (SSSR count). The fourth-order valence-corrected chi connectivity index (χ4v) is 3.27. The molecule has 0 N–H and O–H groups in total. The Hall–Kier alpha value is -3.61. The molecule has 6 nitrogen and oxygen atoms in total. The Morgan fingerprint density at radius 3 is 2.30 bits per heavy atom. The van der Waals surface area contributed by atoms with Gasteiger partial charge in [0, 0.05) is 38.4 Å². The minimum Gasteiger partial charge on any atom is -0.484 e. The summed E-state index contributed by atoms with van der Waals surface area (Å²) in [6.07, 6.45) is 1.66. The van der Waals surface area contributed by atoms with Gasteiger partial charge in [-0.05, 0) is 42.5 Å². The number of nitrogens with zero attached hydrogens (tertiary/aromatic N) is 3. The van der Waals surface area contributed by atoms with Crippen molar-refractivity contribution in [3.8, 4) is 17.4 Å². The minimum atomic E-state index is -0.240. The molecule has 30 heavy (non-hydrogen) atoms. The highest BCUT2D eigenvalue weighted by Crippen LogP contribution is 2.23. The van der Waals surface area contributed by atoms with Gasteiger partial charge in [-0.3, -0.25) is 4.79 Å². The lowest BCUT2D eigenvalue weighted by atomic mass is 10.2. The van der Waals surface area contributed by atoms with Crippen LogP contribution >= 0.6 is 0 Å². The Balaban J connectivity index is 1.24. The highest BCUT2D eigenvalue weighted by molar-refractivity contribution is 5.78. The maximum Gasteiger partial charge on any atom is 0.260 e. The average molecular weight is 407 g/mol. The molecule has 0 unspecified atom stereocenters. The van der Waals surface area contributed by atoms with Crippen molar-refractivity contribution in [1.29, 1.82) is 0 Å². The molecular formula is C23H22FN3O3. The van der Waals surface area contributed by atoms with Gasteiger partial charge in [-0.1, -0.05) is 18.2 Å². The highest BCUT2D eigenvalue weighted by atomic mass is 19.1. The van der Waals surface area contributed by atoms with Gasteiger partial charge in [0.1, 0.15) is 17.3 Å². The number of pyridine rings is 1. The number of amides is 1. The average Bonchev–Trinajstić information content (AvgIpc) is 2.80. The predicted octanol–water partition coefficient (Wildman–Crippen LogP) is 3.74. The van der Waals surface area contributed by atoms with Crippen LogP contribution in [0.1, 0.15) is 0 Å². The maximum atomic E-state index is 13.9. The van der Waals surface area contributed by atoms with Crippen LogP contribution in [0, 0.1) is 5.82 Å². The molecule has 1 amide bonds. The van der Waals surface area contributed by atoms with E-state index in [4.69, 9.17) is 9.47 Å². The molecule has 1 aliphatic rings. The van der Waals surface area contributed by atoms with Crippen LogP contribution in [0.2, 0.25) is 0 Å². The van der Waals surface area contributed by atoms with Crippen molar-refractivity contribution >= 4 is 11.6 Å². The van der Waals surface area contributed by atoms with Crippen LogP contribution in [-0.2, 0) is 4.79 Å². The van der Waals surface area contributed by atoms with E-state index in [2.05, 4.69) is 4.98 Å². The number of aromatic nitrogens is 1. The number of carbonyl (C=O) groups excluding carboxylic acids is 1. The summed E-state index contributed by atoms with van der Waals surface area (Å²) in [6.45, 7) is 2.21. The molecule has 0 spiro atoms. The number of hydrogen-bond donors (Lipinski definition) is 0. The molecule has 0 bridgehead atoms. The van der Waals surface area contributed by atoms with Gasteiger partial charge in [-0.15, -0.1) is 0 Å². The lowest BCUT2D eigenvalue weighted by Gasteiger charge is -2.36. The van der Waals surface area contributed by atoms with Gasteiger partial charge < -0.3 is 19.3 Å². The number of ether oxygens (including phenoxy) is 2. The summed E-state index contributed by atoms with van der Waals surface area (Å²) in [4.78, 5) is 20.3. The topological polar surface area (TPSA) is 54.9 Å². The van der Waals surface area contributed by atoms with Crippen molar-refractivity contribution in [3.63, 3.8) is 0 Å². The summed E-state index contributed by atoms with van der Waals surface area (Å²) >= 11 is 0. The second-order valence-electron chi connectivity index (χ2n) is 6.85. The summed E-state index contributed by atoms with van der Waals surface area (Å²) < 4.78 is 25.2. The third kappa shape index (κ3) is 4.86. The summed E-state index contributed by atoms with van der Waals surface area (Å²) in [5.41, 5.74) is 0.578. The lowest BCUT2D eigenvalue weighted by Crippen LogP contribution is -2.50. The van der Waals surface area contributed by atoms with Crippen LogP contribution in [-0.4, -0.2) is 48.6 Å². The molecule has 0 radical (unpaired) electrons. The molecule has 1 aliphatic heterocycles. The summed E-state index contributed by atoms with van der Waals surface area (Å²) in [7, 11) is 0. The first-order chi connectivity index (χ1) is 14.7. The van der Waals surface area contributed by atoms with Crippen molar-refractivity contribution < 1.29 is 18.7 Å². The number of piperazine rings is 1. The molecule has 1 saturated heterocycles. The summed E-state index contributed by atoms with van der Waals surface area (Å²) in [6, 6.07) is 19.2. The molecule has 1 aromatic heterocycles. The van der Waals surface area contributed by atoms with Crippen molar-refractivity contribution in [2.24, 2.45) is 0 Å². The zero-order chi connectivity index (χ0) is 20.8. The van der Waals surface area contributed by atoms with Crippen LogP contribution in [0.5, 0.6) is 17.4 Å². The Morgan fingerprint density at radius 1 is 0.900 bits per heavy atom. The molecule has 3 aromatic rings. The highest BCUT2D eigenvalue weighted by Gasteiger charge is 2.22. The number of carbonyl (C=O) groups is 1. The van der Waals surface area contributed by atoms with E-state index in [1.807, 2.05) is 23.1 Å². The third-order valence-corrected chi connectivity index (χ3v) is 4.87. The van der Waals surface area contributed by atoms with Crippen molar-refractivity contribution in [2.75, 3.05) is 37.7 Å². The standard InChI is InChI=1S/C23H22FN3O3/c24-20-5-1-2-6-21(20)26-13-15-27(16-14-26)23(28)17-29-18-8-10-19(11-9-18)30-22-7-3-4-12-25-22/h1-12H,13-17H2. The second kappa shape index (κ2) is 9.26. The second-order valence-corrected chi connectivity index (χ2v) is 6.85. The van der Waals surface area contributed by atoms with Gasteiger partial charge >= 0.3 is 0 Å². The fraction of sp³-hybridized carbons (Fsp3) is 0.217. The number of rotatable bonds is 6. The third-order valence-electron chi connectivity index (χ3n) is 4.87. The van der Waals surface area contributed by atoms with Crippen LogP contribution in [0.4, 0.5) is 10.1 Å². The largest absolute Gasteiger partial charge is 0.484 e. The molecule has 154 valence electrons. The Bertz CT molecular complexity index is 974. The zero-order valence-electron chi connectivity index (χ0n) is 16.4. The number of hydrogen-bond acceptors (Lipinski definition) is 5. The Kier molecular flexibility index (Phi) is 6.08. The van der Waals surface area contributed by atoms with E-state index >= 15 is 0 Å². The first-order valence-electron chi connectivity index (χ1n) is 9.78. The van der Waals surface area contributed by atoms with Gasteiger partial charge in [-0.25, -0.2) is 9.37 Å². The van der Waals surface area contributed by atoms with E-state index in [0.29, 0.717) is 49.2 Å². The number of anilines is 1. The van der Waals surface area contributed by atoms with Gasteiger partial charge in [0.2, 0.25) is 5.88 Å². The molecule has 1 fully saturated rings. The van der Waals surface area contributed by atoms with Crippen LogP contribution in [0.15, 0.2) is 72.9 Å². The van der Waals surface area contributed by atoms with Gasteiger partial charge in [-0.2, -0.15) is 0 Å². The summed E-state index contributed by atoms with van der Waals surface area (Å²) in [5, 5.41) is 0. The molecule has 0 atom stereocenters. The predicted molar refractivity (Wildman–Crippen MR) is 111 cm³/mol. The lowest BCUT2D eigenvalue weighted by molar-refractivity contribution is -0.133. The smallest absolute Gasteiger partial charge is 0.260 e. The van der Waals surface area contributed by atoms with E-state index in [1.54, 1.807) is 53.6 Å². The molecular weight excluding hydrogens is 385 g/mol. The molecule has 2 heterocycles. The fourth-order valence-electron chi connectivity index (χ4n) is 3.27. The minimum absolute atomic E-state index is 0.0415. The quantitative estimate of drug-likeness (QED) is 0.623. The van der Waals surface area contributed by atoms with E-state index in [9.17, 15) is 9.18 Å². The first kappa shape index (κ1) is 19.7. The maximum absolute atomic E-state index is 13.9. The van der Waals surface area contributed by atoms with Crippen LogP contribution < -0.4 is 14.4 Å². The van der Waals surface area contributed by atoms with Crippen molar-refractivity contribution in [1.82, 2.24) is 9.88 Å². The number of para-hydroxylation sites is 1. The van der Waals surface area contributed by atoms with E-state index in [-0.39, 0.29) is 18.3 Å². The van der Waals surface area contributed by atoms with E-state index in [1.165, 1.54) is 6.07 Å². The normalized spacial score (nSPS) is 13.8. The SMILES string of the molecule is O=C(COc1ccc(Oc2ccccn2)cc1)N1CCN(c2ccccc2F)CC1. The van der Waals surface area contributed by atoms with Gasteiger partial charge in [0.25, 0.3) is 5.91 Å². The monoisotopic (exact) mass is 407 g/mol. The first-order valence-corrected chi connectivity index (χ1v) is 9.78. The number of benzene rings is 2. The van der Waals surface area contributed by atoms with Gasteiger partial charge in [0.15, 0.2) is 6.61 Å². The van der Waals surface area contributed by atoms with Crippen molar-refractivity contribution in [2.45, 2.75) is 0 Å². The Morgan fingerprint density at radius 2 is 1.60 bits per heavy atom. The number of halogens is 1. The van der Waals surface area contributed by atoms with Crippen molar-refractivity contribution in [3.05, 3.63) is 78.7 Å². The molecule has 0 aliphatic carbocycles.